The number of rotatable bonds is 8. The van der Waals surface area contributed by atoms with Crippen molar-refractivity contribution in [2.75, 3.05) is 36.8 Å². The van der Waals surface area contributed by atoms with Gasteiger partial charge in [0.05, 0.1) is 35.2 Å². The van der Waals surface area contributed by atoms with E-state index in [9.17, 15) is 39.2 Å². The summed E-state index contributed by atoms with van der Waals surface area (Å²) in [4.78, 5) is 17.8. The Labute approximate surface area is 216 Å². The first kappa shape index (κ1) is 29.0. The van der Waals surface area contributed by atoms with Crippen molar-refractivity contribution in [1.82, 2.24) is 4.98 Å². The van der Waals surface area contributed by atoms with Crippen LogP contribution in [-0.2, 0) is 25.9 Å². The van der Waals surface area contributed by atoms with Gasteiger partial charge in [-0.1, -0.05) is 0 Å². The lowest BCUT2D eigenvalue weighted by Gasteiger charge is -2.26. The molecule has 0 aliphatic rings. The van der Waals surface area contributed by atoms with E-state index >= 15 is 0 Å². The maximum Gasteiger partial charge on any atom is 0.416 e. The smallest absolute Gasteiger partial charge is 0.416 e. The van der Waals surface area contributed by atoms with Crippen LogP contribution in [0, 0.1) is 5.82 Å². The average molecular weight is 575 g/mol. The van der Waals surface area contributed by atoms with E-state index < -0.39 is 65.9 Å². The van der Waals surface area contributed by atoms with Crippen LogP contribution in [0.3, 0.4) is 0 Å². The molecule has 0 radical (unpaired) electrons. The zero-order valence-electron chi connectivity index (χ0n) is 20.3. The van der Waals surface area contributed by atoms with E-state index in [2.05, 4.69) is 4.98 Å². The number of carbonyl (C=O) groups is 1. The van der Waals surface area contributed by atoms with Crippen molar-refractivity contribution >= 4 is 31.3 Å². The van der Waals surface area contributed by atoms with Crippen molar-refractivity contribution in [2.45, 2.75) is 11.1 Å². The van der Waals surface area contributed by atoms with Crippen LogP contribution in [0.25, 0.3) is 11.1 Å². The first-order chi connectivity index (χ1) is 17.5. The molecule has 0 spiro atoms. The molecule has 0 bridgehead atoms. The van der Waals surface area contributed by atoms with Gasteiger partial charge < -0.3 is 9.64 Å². The Morgan fingerprint density at radius 2 is 1.68 bits per heavy atom. The molecule has 0 N–H and O–H groups in total. The predicted molar refractivity (Wildman–Crippen MR) is 132 cm³/mol. The monoisotopic (exact) mass is 574 g/mol. The molecule has 0 aliphatic heterocycles. The average Bonchev–Trinajstić information content (AvgIpc) is 2.82. The quantitative estimate of drug-likeness (QED) is 0.374. The number of carbonyl (C=O) groups excluding carboxylic acids is 1. The van der Waals surface area contributed by atoms with E-state index in [1.165, 1.54) is 31.6 Å². The minimum atomic E-state index is -4.98. The minimum Gasteiger partial charge on any atom is -0.496 e. The normalized spacial score (nSPS) is 12.3. The fourth-order valence-electron chi connectivity index (χ4n) is 3.56. The molecule has 3 rings (SSSR count). The SMILES string of the molecule is COc1cc(F)ccc1-c1ccncc1N(CCS(C)(=O)=O)C(=O)c1cc(C(F)(F)F)cc(S(C)(=O)=O)c1. The van der Waals surface area contributed by atoms with E-state index in [1.807, 2.05) is 0 Å². The van der Waals surface area contributed by atoms with Gasteiger partial charge in [-0.2, -0.15) is 13.2 Å². The fourth-order valence-corrected chi connectivity index (χ4v) is 4.76. The lowest BCUT2D eigenvalue weighted by Crippen LogP contribution is -2.36. The van der Waals surface area contributed by atoms with Crippen molar-refractivity contribution in [3.8, 4) is 16.9 Å². The predicted octanol–water partition coefficient (Wildman–Crippen LogP) is 4.01. The number of pyridine rings is 1. The summed E-state index contributed by atoms with van der Waals surface area (Å²) in [7, 11) is -6.55. The number of hydrogen-bond acceptors (Lipinski definition) is 7. The molecular formula is C24H22F4N2O6S2. The molecule has 14 heteroatoms. The van der Waals surface area contributed by atoms with Gasteiger partial charge in [0, 0.05) is 48.0 Å². The molecule has 0 saturated carbocycles. The van der Waals surface area contributed by atoms with Crippen LogP contribution >= 0.6 is 0 Å². The third-order valence-corrected chi connectivity index (χ3v) is 7.40. The molecule has 1 aromatic heterocycles. The van der Waals surface area contributed by atoms with Gasteiger partial charge in [-0.15, -0.1) is 0 Å². The first-order valence-corrected chi connectivity index (χ1v) is 14.7. The van der Waals surface area contributed by atoms with Crippen LogP contribution in [0.5, 0.6) is 5.75 Å². The molecule has 3 aromatic rings. The summed E-state index contributed by atoms with van der Waals surface area (Å²) in [5.41, 5.74) is -1.53. The Bertz CT molecular complexity index is 1590. The number of hydrogen-bond donors (Lipinski definition) is 0. The van der Waals surface area contributed by atoms with Crippen LogP contribution < -0.4 is 9.64 Å². The summed E-state index contributed by atoms with van der Waals surface area (Å²) >= 11 is 0. The van der Waals surface area contributed by atoms with Crippen molar-refractivity contribution < 1.29 is 43.9 Å². The molecule has 0 unspecified atom stereocenters. The summed E-state index contributed by atoms with van der Waals surface area (Å²) in [6, 6.07) is 6.65. The molecule has 38 heavy (non-hydrogen) atoms. The lowest BCUT2D eigenvalue weighted by molar-refractivity contribution is -0.137. The molecule has 0 atom stereocenters. The van der Waals surface area contributed by atoms with E-state index in [0.29, 0.717) is 18.4 Å². The topological polar surface area (TPSA) is 111 Å². The number of sulfone groups is 2. The fraction of sp³-hybridized carbons (Fsp3) is 0.250. The molecule has 1 heterocycles. The third-order valence-electron chi connectivity index (χ3n) is 5.38. The number of nitrogens with zero attached hydrogens (tertiary/aromatic N) is 2. The molecule has 2 aromatic carbocycles. The van der Waals surface area contributed by atoms with Gasteiger partial charge in [0.1, 0.15) is 21.4 Å². The highest BCUT2D eigenvalue weighted by molar-refractivity contribution is 7.91. The molecule has 0 aliphatic carbocycles. The van der Waals surface area contributed by atoms with Crippen LogP contribution in [0.4, 0.5) is 23.2 Å². The molecule has 8 nitrogen and oxygen atoms in total. The zero-order chi connectivity index (χ0) is 28.5. The van der Waals surface area contributed by atoms with Gasteiger partial charge >= 0.3 is 6.18 Å². The van der Waals surface area contributed by atoms with Gasteiger partial charge in [-0.05, 0) is 36.4 Å². The summed E-state index contributed by atoms with van der Waals surface area (Å²) < 4.78 is 108. The van der Waals surface area contributed by atoms with Gasteiger partial charge in [0.2, 0.25) is 0 Å². The third kappa shape index (κ3) is 6.86. The van der Waals surface area contributed by atoms with Crippen molar-refractivity contribution in [1.29, 1.82) is 0 Å². The van der Waals surface area contributed by atoms with Crippen LogP contribution in [-0.4, -0.2) is 59.6 Å². The van der Waals surface area contributed by atoms with Crippen molar-refractivity contribution in [3.63, 3.8) is 0 Å². The van der Waals surface area contributed by atoms with Gasteiger partial charge in [-0.25, -0.2) is 21.2 Å². The number of aromatic nitrogens is 1. The molecule has 0 saturated heterocycles. The number of anilines is 1. The van der Waals surface area contributed by atoms with E-state index in [1.54, 1.807) is 0 Å². The summed E-state index contributed by atoms with van der Waals surface area (Å²) in [5, 5.41) is 0. The Balaban J connectivity index is 2.27. The Morgan fingerprint density at radius 3 is 2.26 bits per heavy atom. The zero-order valence-corrected chi connectivity index (χ0v) is 21.9. The lowest BCUT2D eigenvalue weighted by atomic mass is 10.0. The Hall–Kier alpha value is -3.52. The molecule has 1 amide bonds. The Morgan fingerprint density at radius 1 is 1.00 bits per heavy atom. The maximum absolute atomic E-state index is 13.8. The minimum absolute atomic E-state index is 0.0237. The molecule has 204 valence electrons. The molecular weight excluding hydrogens is 552 g/mol. The number of amides is 1. The standard InChI is InChI=1S/C24H22F4N2O6S2/c1-36-22-13-17(25)4-5-20(22)19-6-7-29-14-21(19)30(8-9-37(2,32)33)23(31)15-10-16(24(26,27)28)12-18(11-15)38(3,34)35/h4-7,10-14H,8-9H2,1-3H3. The molecule has 0 fully saturated rings. The second-order valence-corrected chi connectivity index (χ2v) is 12.6. The number of ether oxygens (including phenoxy) is 1. The van der Waals surface area contributed by atoms with Gasteiger partial charge in [0.15, 0.2) is 9.84 Å². The maximum atomic E-state index is 13.8. The van der Waals surface area contributed by atoms with E-state index in [-0.39, 0.29) is 22.6 Å². The summed E-state index contributed by atoms with van der Waals surface area (Å²) in [6.07, 6.45) is -0.850. The van der Waals surface area contributed by atoms with E-state index in [4.69, 9.17) is 4.74 Å². The number of benzene rings is 2. The van der Waals surface area contributed by atoms with Crippen LogP contribution in [0.1, 0.15) is 15.9 Å². The van der Waals surface area contributed by atoms with Crippen LogP contribution in [0.2, 0.25) is 0 Å². The summed E-state index contributed by atoms with van der Waals surface area (Å²) in [5.74, 6) is -2.25. The van der Waals surface area contributed by atoms with Crippen molar-refractivity contribution in [2.24, 2.45) is 0 Å². The Kier molecular flexibility index (Phi) is 8.17. The number of alkyl halides is 3. The summed E-state index contributed by atoms with van der Waals surface area (Å²) in [6.45, 7) is -0.510. The second kappa shape index (κ2) is 10.7. The van der Waals surface area contributed by atoms with Gasteiger partial charge in [-0.3, -0.25) is 9.78 Å². The number of halogens is 4. The highest BCUT2D eigenvalue weighted by atomic mass is 32.2. The first-order valence-electron chi connectivity index (χ1n) is 10.7. The number of methoxy groups -OCH3 is 1. The van der Waals surface area contributed by atoms with Crippen LogP contribution in [0.15, 0.2) is 59.8 Å². The van der Waals surface area contributed by atoms with E-state index in [0.717, 1.165) is 29.4 Å². The second-order valence-electron chi connectivity index (χ2n) is 8.34. The highest BCUT2D eigenvalue weighted by Gasteiger charge is 2.34. The van der Waals surface area contributed by atoms with Gasteiger partial charge in [0.25, 0.3) is 5.91 Å². The largest absolute Gasteiger partial charge is 0.496 e. The van der Waals surface area contributed by atoms with Crippen molar-refractivity contribution in [3.05, 3.63) is 71.8 Å². The highest BCUT2D eigenvalue weighted by Crippen LogP contribution is 2.38.